The van der Waals surface area contributed by atoms with Crippen LogP contribution in [0.25, 0.3) is 22.2 Å². The number of piperidine rings is 1. The summed E-state index contributed by atoms with van der Waals surface area (Å²) in [5, 5.41) is 0.383. The van der Waals surface area contributed by atoms with Gasteiger partial charge in [-0.1, -0.05) is 29.8 Å². The van der Waals surface area contributed by atoms with Gasteiger partial charge in [-0.15, -0.1) is 0 Å². The molecular weight excluding hydrogens is 452 g/mol. The van der Waals surface area contributed by atoms with Crippen molar-refractivity contribution in [3.63, 3.8) is 0 Å². The predicted molar refractivity (Wildman–Crippen MR) is 132 cm³/mol. The van der Waals surface area contributed by atoms with Gasteiger partial charge in [-0.05, 0) is 19.1 Å². The van der Waals surface area contributed by atoms with Crippen molar-refractivity contribution >= 4 is 34.3 Å². The van der Waals surface area contributed by atoms with Crippen molar-refractivity contribution in [2.75, 3.05) is 23.7 Å². The van der Waals surface area contributed by atoms with E-state index in [0.29, 0.717) is 22.0 Å². The molecule has 2 aliphatic heterocycles. The van der Waals surface area contributed by atoms with Crippen LogP contribution in [0.4, 0.5) is 11.6 Å². The summed E-state index contributed by atoms with van der Waals surface area (Å²) in [5.74, 6) is 2.50. The third kappa shape index (κ3) is 3.05. The maximum atomic E-state index is 6.65. The Morgan fingerprint density at radius 2 is 1.88 bits per heavy atom. The Morgan fingerprint density at radius 1 is 1.12 bits per heavy atom. The summed E-state index contributed by atoms with van der Waals surface area (Å²) >= 11 is 6.51. The van der Waals surface area contributed by atoms with Gasteiger partial charge in [-0.3, -0.25) is 0 Å². The largest absolute Gasteiger partial charge is 0.485 e. The summed E-state index contributed by atoms with van der Waals surface area (Å²) < 4.78 is 12.5. The molecule has 0 aliphatic carbocycles. The zero-order chi connectivity index (χ0) is 23.6. The molecule has 1 fully saturated rings. The molecule has 34 heavy (non-hydrogen) atoms. The number of aromatic nitrogens is 3. The number of ether oxygens (including phenoxy) is 1. The highest BCUT2D eigenvalue weighted by atomic mass is 35.5. The molecule has 4 aromatic rings. The van der Waals surface area contributed by atoms with Crippen LogP contribution in [-0.2, 0) is 0 Å². The Kier molecular flexibility index (Phi) is 4.72. The van der Waals surface area contributed by atoms with Gasteiger partial charge in [0.1, 0.15) is 22.7 Å². The van der Waals surface area contributed by atoms with Gasteiger partial charge in [-0.2, -0.15) is 0 Å². The number of halogens is 1. The van der Waals surface area contributed by atoms with Gasteiger partial charge in [0, 0.05) is 55.7 Å². The van der Waals surface area contributed by atoms with Gasteiger partial charge in [0.05, 0.1) is 16.8 Å². The van der Waals surface area contributed by atoms with E-state index in [-0.39, 0.29) is 11.9 Å². The van der Waals surface area contributed by atoms with E-state index in [1.165, 1.54) is 0 Å². The summed E-state index contributed by atoms with van der Waals surface area (Å²) in [4.78, 5) is 16.0. The van der Waals surface area contributed by atoms with Gasteiger partial charge in [0.25, 0.3) is 0 Å². The molecule has 1 atom stereocenters. The molecule has 2 aliphatic rings. The molecule has 0 unspecified atom stereocenters. The summed E-state index contributed by atoms with van der Waals surface area (Å²) in [6.07, 6.45) is 3.20. The fourth-order valence-electron chi connectivity index (χ4n) is 5.28. The lowest BCUT2D eigenvalue weighted by molar-refractivity contribution is 0.0431. The summed E-state index contributed by atoms with van der Waals surface area (Å²) in [7, 11) is 0. The normalized spacial score (nSPS) is 18.9. The second-order valence-corrected chi connectivity index (χ2v) is 9.41. The van der Waals surface area contributed by atoms with Crippen LogP contribution in [0.3, 0.4) is 0 Å². The number of fused-ring (bicyclic) bond motifs is 2. The first-order valence-electron chi connectivity index (χ1n) is 11.3. The van der Waals surface area contributed by atoms with Crippen LogP contribution in [0.2, 0.25) is 5.02 Å². The molecule has 1 spiro atoms. The van der Waals surface area contributed by atoms with E-state index in [1.807, 2.05) is 38.1 Å². The Balaban J connectivity index is 1.37. The molecule has 8 nitrogen and oxygen atoms in total. The van der Waals surface area contributed by atoms with E-state index in [2.05, 4.69) is 20.9 Å². The van der Waals surface area contributed by atoms with E-state index in [0.717, 1.165) is 59.9 Å². The predicted octanol–water partition coefficient (Wildman–Crippen LogP) is 4.57. The van der Waals surface area contributed by atoms with Crippen LogP contribution in [0.15, 0.2) is 40.9 Å². The van der Waals surface area contributed by atoms with Crippen LogP contribution < -0.4 is 21.1 Å². The Hall–Kier alpha value is -3.36. The number of hydrogen-bond acceptors (Lipinski definition) is 8. The molecule has 6 rings (SSSR count). The summed E-state index contributed by atoms with van der Waals surface area (Å²) in [6, 6.07) is 9.73. The van der Waals surface area contributed by atoms with Crippen molar-refractivity contribution in [3.05, 3.63) is 58.7 Å². The minimum atomic E-state index is -0.395. The number of nitrogens with zero attached hydrogens (tertiary/aromatic N) is 4. The highest BCUT2D eigenvalue weighted by Crippen LogP contribution is 2.48. The quantitative estimate of drug-likeness (QED) is 0.432. The maximum absolute atomic E-state index is 6.65. The maximum Gasteiger partial charge on any atom is 0.197 e. The van der Waals surface area contributed by atoms with Crippen molar-refractivity contribution in [3.8, 4) is 16.9 Å². The molecule has 9 heteroatoms. The van der Waals surface area contributed by atoms with Crippen molar-refractivity contribution in [1.82, 2.24) is 15.0 Å². The molecule has 0 saturated carbocycles. The Morgan fingerprint density at radius 3 is 2.65 bits per heavy atom. The average molecular weight is 477 g/mol. The number of rotatable bonds is 2. The van der Waals surface area contributed by atoms with Crippen LogP contribution in [-0.4, -0.2) is 33.6 Å². The molecule has 174 valence electrons. The van der Waals surface area contributed by atoms with Crippen molar-refractivity contribution in [2.24, 2.45) is 5.73 Å². The number of para-hydroxylation sites is 1. The van der Waals surface area contributed by atoms with E-state index in [9.17, 15) is 0 Å². The van der Waals surface area contributed by atoms with Crippen LogP contribution in [0.1, 0.15) is 36.0 Å². The van der Waals surface area contributed by atoms with Gasteiger partial charge in [0.15, 0.2) is 17.3 Å². The number of anilines is 2. The van der Waals surface area contributed by atoms with Crippen molar-refractivity contribution < 1.29 is 9.15 Å². The van der Waals surface area contributed by atoms with Crippen molar-refractivity contribution in [2.45, 2.75) is 38.3 Å². The molecule has 1 saturated heterocycles. The van der Waals surface area contributed by atoms with Crippen LogP contribution in [0, 0.1) is 13.8 Å². The van der Waals surface area contributed by atoms with Crippen LogP contribution >= 0.6 is 11.6 Å². The molecule has 5 heterocycles. The molecule has 0 bridgehead atoms. The molecule has 0 radical (unpaired) electrons. The third-order valence-electron chi connectivity index (χ3n) is 7.04. The number of benzene rings is 1. The van der Waals surface area contributed by atoms with Gasteiger partial charge < -0.3 is 25.5 Å². The number of aryl methyl sites for hydroxylation is 2. The Bertz CT molecular complexity index is 1430. The first-order chi connectivity index (χ1) is 16.4. The summed E-state index contributed by atoms with van der Waals surface area (Å²) in [6.45, 7) is 5.27. The third-order valence-corrected chi connectivity index (χ3v) is 7.44. The molecule has 4 N–H and O–H groups in total. The van der Waals surface area contributed by atoms with Gasteiger partial charge >= 0.3 is 0 Å². The number of nitrogen functional groups attached to an aromatic ring is 1. The zero-order valence-electron chi connectivity index (χ0n) is 19.0. The number of nitrogens with two attached hydrogens (primary N) is 2. The topological polar surface area (TPSA) is 116 Å². The minimum Gasteiger partial charge on any atom is -0.485 e. The van der Waals surface area contributed by atoms with Crippen LogP contribution in [0.5, 0.6) is 5.75 Å². The lowest BCUT2D eigenvalue weighted by Gasteiger charge is -2.41. The van der Waals surface area contributed by atoms with Crippen molar-refractivity contribution in [1.29, 1.82) is 0 Å². The molecule has 3 aromatic heterocycles. The number of oxazole rings is 1. The highest BCUT2D eigenvalue weighted by Gasteiger charge is 2.48. The average Bonchev–Trinajstić information content (AvgIpc) is 3.34. The second kappa shape index (κ2) is 7.58. The molecular formula is C25H25ClN6O2. The highest BCUT2D eigenvalue weighted by molar-refractivity contribution is 6.36. The SMILES string of the molecule is Cc1nc2c(-c3ccnc(N)c3Cl)c(C)nc(N3CCC4(CC3)Oc3ccccc3[C@H]4N)c2o1. The fraction of sp³-hybridized carbons (Fsp3) is 0.320. The fourth-order valence-corrected chi connectivity index (χ4v) is 5.49. The number of pyridine rings is 2. The van der Waals surface area contributed by atoms with E-state index >= 15 is 0 Å². The zero-order valence-corrected chi connectivity index (χ0v) is 19.8. The standard InChI is InChI=1S/C25H25ClN6O2/c1-13-18(16-7-10-29-23(28)19(16)26)20-21(33-14(2)31-20)24(30-13)32-11-8-25(9-12-32)22(27)15-5-3-4-6-17(15)34-25/h3-7,10,22H,8-9,11-12,27H2,1-2H3,(H2,28,29)/t22-/m1/s1. The first kappa shape index (κ1) is 21.2. The lowest BCUT2D eigenvalue weighted by atomic mass is 9.83. The molecule has 1 aromatic carbocycles. The first-order valence-corrected chi connectivity index (χ1v) is 11.7. The minimum absolute atomic E-state index is 0.144. The van der Waals surface area contributed by atoms with Gasteiger partial charge in [0.2, 0.25) is 0 Å². The lowest BCUT2D eigenvalue weighted by Crippen LogP contribution is -2.51. The van der Waals surface area contributed by atoms with E-state index < -0.39 is 5.60 Å². The van der Waals surface area contributed by atoms with E-state index in [4.69, 9.17) is 37.2 Å². The summed E-state index contributed by atoms with van der Waals surface area (Å²) in [5.41, 5.74) is 17.0. The Labute approximate surface area is 201 Å². The smallest absolute Gasteiger partial charge is 0.197 e. The number of hydrogen-bond donors (Lipinski definition) is 2. The van der Waals surface area contributed by atoms with E-state index in [1.54, 1.807) is 6.20 Å². The molecule has 0 amide bonds. The van der Waals surface area contributed by atoms with Gasteiger partial charge in [-0.25, -0.2) is 15.0 Å². The monoisotopic (exact) mass is 476 g/mol. The second-order valence-electron chi connectivity index (χ2n) is 9.03.